The number of aryl methyl sites for hydroxylation is 1. The molecule has 3 atom stereocenters. The first-order chi connectivity index (χ1) is 7.93. The molecule has 0 amide bonds. The molecule has 3 unspecified atom stereocenters. The molecular weight excluding hydrogens is 215 g/mol. The average molecular weight is 236 g/mol. The van der Waals surface area contributed by atoms with E-state index >= 15 is 0 Å². The van der Waals surface area contributed by atoms with E-state index in [0.29, 0.717) is 11.5 Å². The summed E-state index contributed by atoms with van der Waals surface area (Å²) in [5.41, 5.74) is 0.711. The average Bonchev–Trinajstić information content (AvgIpc) is 2.28. The van der Waals surface area contributed by atoms with E-state index in [9.17, 15) is 9.50 Å². The summed E-state index contributed by atoms with van der Waals surface area (Å²) in [5.74, 6) is 0.706. The maximum Gasteiger partial charge on any atom is 0.126 e. The molecule has 1 saturated carbocycles. The summed E-state index contributed by atoms with van der Waals surface area (Å²) in [6.07, 6.45) is 2.85. The number of hydrogen-bond donors (Lipinski definition) is 1. The van der Waals surface area contributed by atoms with Gasteiger partial charge in [0.15, 0.2) is 0 Å². The molecule has 1 aliphatic rings. The van der Waals surface area contributed by atoms with Crippen molar-refractivity contribution in [1.82, 2.24) is 0 Å². The lowest BCUT2D eigenvalue weighted by Crippen LogP contribution is -2.38. The highest BCUT2D eigenvalue weighted by Gasteiger charge is 2.39. The molecule has 0 bridgehead atoms. The van der Waals surface area contributed by atoms with Crippen LogP contribution in [0.25, 0.3) is 0 Å². The van der Waals surface area contributed by atoms with E-state index in [1.165, 1.54) is 6.07 Å². The molecule has 0 aromatic heterocycles. The second kappa shape index (κ2) is 4.41. The lowest BCUT2D eigenvalue weighted by molar-refractivity contribution is -0.0588. The molecule has 1 nitrogen and oxygen atoms in total. The van der Waals surface area contributed by atoms with Crippen molar-refractivity contribution in [2.45, 2.75) is 45.6 Å². The zero-order valence-corrected chi connectivity index (χ0v) is 10.8. The van der Waals surface area contributed by atoms with Gasteiger partial charge in [-0.3, -0.25) is 0 Å². The first kappa shape index (κ1) is 12.6. The predicted octanol–water partition coefficient (Wildman–Crippen LogP) is 3.78. The molecule has 0 heterocycles. The zero-order chi connectivity index (χ0) is 12.6. The Hall–Kier alpha value is -0.890. The van der Waals surface area contributed by atoms with Crippen molar-refractivity contribution < 1.29 is 9.50 Å². The van der Waals surface area contributed by atoms with Crippen molar-refractivity contribution in [2.75, 3.05) is 0 Å². The molecule has 1 aromatic rings. The van der Waals surface area contributed by atoms with Gasteiger partial charge in [0, 0.05) is 0 Å². The van der Waals surface area contributed by atoms with Crippen molar-refractivity contribution in [3.8, 4) is 0 Å². The van der Waals surface area contributed by atoms with E-state index in [4.69, 9.17) is 0 Å². The van der Waals surface area contributed by atoms with Crippen molar-refractivity contribution in [2.24, 2.45) is 11.8 Å². The largest absolute Gasteiger partial charge is 0.385 e. The number of benzene rings is 1. The topological polar surface area (TPSA) is 20.2 Å². The molecule has 1 aromatic carbocycles. The third-order valence-electron chi connectivity index (χ3n) is 4.25. The maximum absolute atomic E-state index is 13.3. The molecule has 2 heteroatoms. The van der Waals surface area contributed by atoms with Gasteiger partial charge in [0.1, 0.15) is 5.82 Å². The third kappa shape index (κ3) is 2.23. The molecule has 17 heavy (non-hydrogen) atoms. The van der Waals surface area contributed by atoms with E-state index in [1.807, 2.05) is 0 Å². The summed E-state index contributed by atoms with van der Waals surface area (Å²) in [4.78, 5) is 0. The minimum Gasteiger partial charge on any atom is -0.385 e. The molecule has 0 aliphatic heterocycles. The fourth-order valence-corrected chi connectivity index (χ4v) is 2.97. The Labute approximate surface area is 103 Å². The van der Waals surface area contributed by atoms with Crippen LogP contribution in [0.3, 0.4) is 0 Å². The van der Waals surface area contributed by atoms with Gasteiger partial charge in [-0.2, -0.15) is 0 Å². The highest BCUT2D eigenvalue weighted by molar-refractivity contribution is 5.29. The second-order valence-electron chi connectivity index (χ2n) is 5.67. The predicted molar refractivity (Wildman–Crippen MR) is 67.2 cm³/mol. The van der Waals surface area contributed by atoms with Gasteiger partial charge in [0.2, 0.25) is 0 Å². The maximum atomic E-state index is 13.3. The van der Waals surface area contributed by atoms with Gasteiger partial charge < -0.3 is 5.11 Å². The fraction of sp³-hybridized carbons (Fsp3) is 0.600. The van der Waals surface area contributed by atoms with Gasteiger partial charge in [-0.05, 0) is 55.2 Å². The first-order valence-corrected chi connectivity index (χ1v) is 6.42. The van der Waals surface area contributed by atoms with Crippen LogP contribution in [0.5, 0.6) is 0 Å². The van der Waals surface area contributed by atoms with Crippen molar-refractivity contribution in [3.05, 3.63) is 35.1 Å². The summed E-state index contributed by atoms with van der Waals surface area (Å²) >= 11 is 0. The first-order valence-electron chi connectivity index (χ1n) is 6.42. The van der Waals surface area contributed by atoms with Crippen LogP contribution in [-0.2, 0) is 5.60 Å². The summed E-state index contributed by atoms with van der Waals surface area (Å²) in [6.45, 7) is 6.07. The summed E-state index contributed by atoms with van der Waals surface area (Å²) in [5, 5.41) is 10.8. The molecule has 1 aliphatic carbocycles. The van der Waals surface area contributed by atoms with Crippen molar-refractivity contribution in [3.63, 3.8) is 0 Å². The molecule has 1 N–H and O–H groups in total. The van der Waals surface area contributed by atoms with Crippen LogP contribution in [0.15, 0.2) is 18.2 Å². The number of rotatable bonds is 1. The Morgan fingerprint density at radius 3 is 2.65 bits per heavy atom. The van der Waals surface area contributed by atoms with Crippen LogP contribution in [-0.4, -0.2) is 5.11 Å². The van der Waals surface area contributed by atoms with Crippen LogP contribution in [0.2, 0.25) is 0 Å². The SMILES string of the molecule is Cc1cc(C2(O)CCC(C)CC2C)ccc1F. The normalized spacial score (nSPS) is 33.7. The second-order valence-corrected chi connectivity index (χ2v) is 5.67. The monoisotopic (exact) mass is 236 g/mol. The fourth-order valence-electron chi connectivity index (χ4n) is 2.97. The molecular formula is C15H21FO. The van der Waals surface area contributed by atoms with Crippen LogP contribution >= 0.6 is 0 Å². The van der Waals surface area contributed by atoms with Gasteiger partial charge in [-0.15, -0.1) is 0 Å². The summed E-state index contributed by atoms with van der Waals surface area (Å²) in [7, 11) is 0. The Morgan fingerprint density at radius 1 is 1.35 bits per heavy atom. The van der Waals surface area contributed by atoms with Gasteiger partial charge >= 0.3 is 0 Å². The standard InChI is InChI=1S/C15H21FO/c1-10-6-7-15(17,12(3)8-10)13-4-5-14(16)11(2)9-13/h4-5,9-10,12,17H,6-8H2,1-3H3. The van der Waals surface area contributed by atoms with Crippen molar-refractivity contribution in [1.29, 1.82) is 0 Å². The van der Waals surface area contributed by atoms with E-state index in [0.717, 1.165) is 24.8 Å². The van der Waals surface area contributed by atoms with Gasteiger partial charge in [-0.25, -0.2) is 4.39 Å². The van der Waals surface area contributed by atoms with E-state index < -0.39 is 5.60 Å². The van der Waals surface area contributed by atoms with Gasteiger partial charge in [-0.1, -0.05) is 26.0 Å². The zero-order valence-electron chi connectivity index (χ0n) is 10.8. The van der Waals surface area contributed by atoms with E-state index in [1.54, 1.807) is 19.1 Å². The quantitative estimate of drug-likeness (QED) is 0.786. The van der Waals surface area contributed by atoms with E-state index in [-0.39, 0.29) is 11.7 Å². The van der Waals surface area contributed by atoms with Crippen molar-refractivity contribution >= 4 is 0 Å². The highest BCUT2D eigenvalue weighted by atomic mass is 19.1. The molecule has 1 fully saturated rings. The molecule has 0 saturated heterocycles. The third-order valence-corrected chi connectivity index (χ3v) is 4.25. The lowest BCUT2D eigenvalue weighted by Gasteiger charge is -2.41. The number of halogens is 1. The van der Waals surface area contributed by atoms with Crippen LogP contribution in [0, 0.1) is 24.6 Å². The number of hydrogen-bond acceptors (Lipinski definition) is 1. The Balaban J connectivity index is 2.34. The smallest absolute Gasteiger partial charge is 0.126 e. The molecule has 2 rings (SSSR count). The Kier molecular flexibility index (Phi) is 3.26. The van der Waals surface area contributed by atoms with Crippen LogP contribution in [0.4, 0.5) is 4.39 Å². The molecule has 94 valence electrons. The van der Waals surface area contributed by atoms with Crippen LogP contribution in [0.1, 0.15) is 44.2 Å². The molecule has 0 spiro atoms. The Bertz CT molecular complexity index is 415. The summed E-state index contributed by atoms with van der Waals surface area (Å²) in [6, 6.07) is 4.99. The number of aliphatic hydroxyl groups is 1. The minimum atomic E-state index is -0.773. The van der Waals surface area contributed by atoms with Gasteiger partial charge in [0.25, 0.3) is 0 Å². The Morgan fingerprint density at radius 2 is 2.06 bits per heavy atom. The minimum absolute atomic E-state index is 0.200. The van der Waals surface area contributed by atoms with Gasteiger partial charge in [0.05, 0.1) is 5.60 Å². The highest BCUT2D eigenvalue weighted by Crippen LogP contribution is 2.43. The molecule has 0 radical (unpaired) electrons. The summed E-state index contributed by atoms with van der Waals surface area (Å²) < 4.78 is 13.3. The van der Waals surface area contributed by atoms with Crippen LogP contribution < -0.4 is 0 Å². The lowest BCUT2D eigenvalue weighted by atomic mass is 9.69. The van der Waals surface area contributed by atoms with E-state index in [2.05, 4.69) is 13.8 Å².